The molecule has 1 fully saturated rings. The Morgan fingerprint density at radius 2 is 1.76 bits per heavy atom. The van der Waals surface area contributed by atoms with Crippen LogP contribution in [0.25, 0.3) is 16.7 Å². The molecule has 5 rings (SSSR count). The van der Waals surface area contributed by atoms with Crippen molar-refractivity contribution in [1.82, 2.24) is 19.2 Å². The third-order valence-electron chi connectivity index (χ3n) is 5.41. The van der Waals surface area contributed by atoms with E-state index in [2.05, 4.69) is 10.2 Å². The first-order chi connectivity index (χ1) is 14.2. The number of ketones is 1. The number of fused-ring (bicyclic) bond motifs is 3. The average molecular weight is 404 g/mol. The summed E-state index contributed by atoms with van der Waals surface area (Å²) >= 11 is 1.47. The van der Waals surface area contributed by atoms with Gasteiger partial charge in [0.2, 0.25) is 5.78 Å². The van der Waals surface area contributed by atoms with E-state index < -0.39 is 0 Å². The first-order valence-corrected chi connectivity index (χ1v) is 10.7. The molecule has 2 heterocycles. The lowest BCUT2D eigenvalue weighted by Gasteiger charge is -2.19. The van der Waals surface area contributed by atoms with Gasteiger partial charge in [-0.05, 0) is 30.5 Å². The SMILES string of the molecule is O=C1CCCC[C@@H]1Sc1nnc2n(Cc3ccccc3)c(=O)c3ccccc3n12. The Morgan fingerprint density at radius 3 is 2.59 bits per heavy atom. The van der Waals surface area contributed by atoms with Gasteiger partial charge in [-0.15, -0.1) is 10.2 Å². The van der Waals surface area contributed by atoms with E-state index in [9.17, 15) is 9.59 Å². The molecule has 0 bridgehead atoms. The van der Waals surface area contributed by atoms with Crippen LogP contribution in [-0.4, -0.2) is 30.2 Å². The molecule has 0 radical (unpaired) electrons. The van der Waals surface area contributed by atoms with Crippen molar-refractivity contribution in [1.29, 1.82) is 0 Å². The summed E-state index contributed by atoms with van der Waals surface area (Å²) in [6.07, 6.45) is 3.52. The summed E-state index contributed by atoms with van der Waals surface area (Å²) in [5.74, 6) is 0.781. The molecule has 146 valence electrons. The van der Waals surface area contributed by atoms with Crippen LogP contribution in [0.3, 0.4) is 0 Å². The Kier molecular flexibility index (Phi) is 4.67. The van der Waals surface area contributed by atoms with Gasteiger partial charge in [-0.25, -0.2) is 0 Å². The van der Waals surface area contributed by atoms with E-state index in [1.54, 1.807) is 4.57 Å². The second kappa shape index (κ2) is 7.48. The van der Waals surface area contributed by atoms with Gasteiger partial charge in [0.05, 0.1) is 22.7 Å². The summed E-state index contributed by atoms with van der Waals surface area (Å²) < 4.78 is 3.59. The molecule has 1 aliphatic carbocycles. The summed E-state index contributed by atoms with van der Waals surface area (Å²) in [6.45, 7) is 0.416. The average Bonchev–Trinajstić information content (AvgIpc) is 3.17. The number of hydrogen-bond acceptors (Lipinski definition) is 5. The molecule has 4 aromatic rings. The lowest BCUT2D eigenvalue weighted by atomic mass is 9.99. The third kappa shape index (κ3) is 3.25. The molecule has 29 heavy (non-hydrogen) atoms. The van der Waals surface area contributed by atoms with Crippen LogP contribution in [0, 0.1) is 0 Å². The quantitative estimate of drug-likeness (QED) is 0.519. The van der Waals surface area contributed by atoms with Gasteiger partial charge in [0.15, 0.2) is 5.16 Å². The van der Waals surface area contributed by atoms with Crippen molar-refractivity contribution in [2.45, 2.75) is 42.6 Å². The summed E-state index contributed by atoms with van der Waals surface area (Å²) in [5, 5.41) is 9.93. The van der Waals surface area contributed by atoms with Crippen molar-refractivity contribution >= 4 is 34.2 Å². The molecule has 7 heteroatoms. The zero-order chi connectivity index (χ0) is 19.8. The van der Waals surface area contributed by atoms with Gasteiger partial charge in [-0.3, -0.25) is 18.6 Å². The predicted octanol–water partition coefficient (Wildman–Crippen LogP) is 3.70. The van der Waals surface area contributed by atoms with Crippen molar-refractivity contribution in [2.75, 3.05) is 0 Å². The van der Waals surface area contributed by atoms with Crippen LogP contribution in [0.1, 0.15) is 31.2 Å². The van der Waals surface area contributed by atoms with Gasteiger partial charge in [0.25, 0.3) is 5.56 Å². The van der Waals surface area contributed by atoms with Crippen molar-refractivity contribution in [3.63, 3.8) is 0 Å². The maximum absolute atomic E-state index is 13.2. The zero-order valence-corrected chi connectivity index (χ0v) is 16.6. The zero-order valence-electron chi connectivity index (χ0n) is 15.8. The minimum absolute atomic E-state index is 0.0883. The molecule has 1 aliphatic rings. The molecule has 0 N–H and O–H groups in total. The predicted molar refractivity (Wildman–Crippen MR) is 113 cm³/mol. The highest BCUT2D eigenvalue weighted by atomic mass is 32.2. The van der Waals surface area contributed by atoms with Gasteiger partial charge < -0.3 is 0 Å². The maximum atomic E-state index is 13.2. The van der Waals surface area contributed by atoms with Crippen molar-refractivity contribution in [3.05, 3.63) is 70.5 Å². The van der Waals surface area contributed by atoms with E-state index >= 15 is 0 Å². The fraction of sp³-hybridized carbons (Fsp3) is 0.273. The maximum Gasteiger partial charge on any atom is 0.263 e. The lowest BCUT2D eigenvalue weighted by molar-refractivity contribution is -0.119. The first kappa shape index (κ1) is 18.1. The standard InChI is InChI=1S/C22H20N4O2S/c27-18-12-6-7-13-19(18)29-22-24-23-21-25(14-15-8-2-1-3-9-15)20(28)16-10-4-5-11-17(16)26(21)22/h1-5,8-11,19H,6-7,12-14H2/t19-/m0/s1. The number of hydrogen-bond donors (Lipinski definition) is 0. The van der Waals surface area contributed by atoms with Crippen LogP contribution < -0.4 is 5.56 Å². The van der Waals surface area contributed by atoms with Crippen LogP contribution in [0.2, 0.25) is 0 Å². The smallest absolute Gasteiger partial charge is 0.263 e. The molecule has 2 aromatic heterocycles. The van der Waals surface area contributed by atoms with Gasteiger partial charge in [-0.1, -0.05) is 60.6 Å². The third-order valence-corrected chi connectivity index (χ3v) is 6.67. The molecule has 0 amide bonds. The molecule has 0 aliphatic heterocycles. The minimum Gasteiger partial charge on any atom is -0.298 e. The number of nitrogens with zero attached hydrogens (tertiary/aromatic N) is 4. The van der Waals surface area contributed by atoms with Crippen LogP contribution in [0.4, 0.5) is 0 Å². The summed E-state index contributed by atoms with van der Waals surface area (Å²) in [7, 11) is 0. The molecular formula is C22H20N4O2S. The highest BCUT2D eigenvalue weighted by Crippen LogP contribution is 2.32. The summed E-state index contributed by atoms with van der Waals surface area (Å²) in [5.41, 5.74) is 1.70. The molecule has 0 saturated heterocycles. The van der Waals surface area contributed by atoms with Gasteiger partial charge >= 0.3 is 0 Å². The minimum atomic E-state index is -0.0931. The number of rotatable bonds is 4. The Balaban J connectivity index is 1.69. The van der Waals surface area contributed by atoms with Crippen molar-refractivity contribution in [2.24, 2.45) is 0 Å². The van der Waals surface area contributed by atoms with E-state index in [0.29, 0.717) is 29.3 Å². The van der Waals surface area contributed by atoms with Crippen molar-refractivity contribution in [3.8, 4) is 0 Å². The summed E-state index contributed by atoms with van der Waals surface area (Å²) in [4.78, 5) is 25.6. The summed E-state index contributed by atoms with van der Waals surface area (Å²) in [6, 6.07) is 17.4. The van der Waals surface area contributed by atoms with E-state index in [-0.39, 0.29) is 16.6 Å². The Hall–Kier alpha value is -2.93. The molecule has 1 atom stereocenters. The fourth-order valence-corrected chi connectivity index (χ4v) is 5.08. The van der Waals surface area contributed by atoms with E-state index in [0.717, 1.165) is 30.3 Å². The molecular weight excluding hydrogens is 384 g/mol. The number of carbonyl (C=O) groups excluding carboxylic acids is 1. The van der Waals surface area contributed by atoms with Crippen LogP contribution in [0.15, 0.2) is 64.5 Å². The number of aromatic nitrogens is 4. The molecule has 2 aromatic carbocycles. The second-order valence-corrected chi connectivity index (χ2v) is 8.50. The van der Waals surface area contributed by atoms with E-state index in [1.165, 1.54) is 11.8 Å². The number of carbonyl (C=O) groups is 1. The Bertz CT molecular complexity index is 1260. The normalized spacial score (nSPS) is 17.2. The van der Waals surface area contributed by atoms with E-state index in [4.69, 9.17) is 0 Å². The highest BCUT2D eigenvalue weighted by Gasteiger charge is 2.26. The van der Waals surface area contributed by atoms with Gasteiger partial charge in [-0.2, -0.15) is 0 Å². The molecule has 0 unspecified atom stereocenters. The molecule has 0 spiro atoms. The first-order valence-electron chi connectivity index (χ1n) is 9.82. The largest absolute Gasteiger partial charge is 0.298 e. The van der Waals surface area contributed by atoms with Crippen LogP contribution in [-0.2, 0) is 11.3 Å². The Labute approximate surface area is 171 Å². The molecule has 6 nitrogen and oxygen atoms in total. The van der Waals surface area contributed by atoms with Crippen LogP contribution >= 0.6 is 11.8 Å². The van der Waals surface area contributed by atoms with E-state index in [1.807, 2.05) is 59.0 Å². The topological polar surface area (TPSA) is 69.3 Å². The lowest BCUT2D eigenvalue weighted by Crippen LogP contribution is -2.24. The van der Waals surface area contributed by atoms with Gasteiger partial charge in [0.1, 0.15) is 5.78 Å². The monoisotopic (exact) mass is 404 g/mol. The molecule has 1 saturated carbocycles. The van der Waals surface area contributed by atoms with Crippen molar-refractivity contribution < 1.29 is 4.79 Å². The van der Waals surface area contributed by atoms with Gasteiger partial charge in [0, 0.05) is 6.42 Å². The number of para-hydroxylation sites is 1. The number of Topliss-reactive ketones (excluding diaryl/α,β-unsaturated/α-hetero) is 1. The number of benzene rings is 2. The Morgan fingerprint density at radius 1 is 0.966 bits per heavy atom. The van der Waals surface area contributed by atoms with Crippen LogP contribution in [0.5, 0.6) is 0 Å². The number of thioether (sulfide) groups is 1. The second-order valence-electron chi connectivity index (χ2n) is 7.33. The fourth-order valence-electron chi connectivity index (χ4n) is 3.92. The highest BCUT2D eigenvalue weighted by molar-refractivity contribution is 8.00.